The van der Waals surface area contributed by atoms with E-state index in [0.29, 0.717) is 25.1 Å². The van der Waals surface area contributed by atoms with Crippen LogP contribution in [0.4, 0.5) is 0 Å². The summed E-state index contributed by atoms with van der Waals surface area (Å²) in [5.74, 6) is 0.771. The first-order valence-electron chi connectivity index (χ1n) is 5.92. The second-order valence-electron chi connectivity index (χ2n) is 3.91. The van der Waals surface area contributed by atoms with E-state index in [0.717, 1.165) is 5.75 Å². The van der Waals surface area contributed by atoms with Crippen LogP contribution < -0.4 is 10.1 Å². The molecule has 1 aromatic carbocycles. The number of aliphatic hydroxyl groups excluding tert-OH is 2. The van der Waals surface area contributed by atoms with E-state index in [1.165, 1.54) is 0 Å². The van der Waals surface area contributed by atoms with Gasteiger partial charge in [-0.1, -0.05) is 12.1 Å². The topological polar surface area (TPSA) is 61.7 Å². The van der Waals surface area contributed by atoms with Crippen molar-refractivity contribution in [3.05, 3.63) is 29.8 Å². The van der Waals surface area contributed by atoms with Crippen LogP contribution in [0.1, 0.15) is 25.0 Å². The number of ether oxygens (including phenoxy) is 1. The van der Waals surface area contributed by atoms with Crippen LogP contribution in [0.5, 0.6) is 5.75 Å². The molecule has 4 nitrogen and oxygen atoms in total. The lowest BCUT2D eigenvalue weighted by molar-refractivity contribution is 0.0140. The number of rotatable bonds is 7. The molecule has 0 bridgehead atoms. The van der Waals surface area contributed by atoms with Crippen LogP contribution in [-0.4, -0.2) is 36.5 Å². The molecule has 0 aliphatic carbocycles. The first-order valence-corrected chi connectivity index (χ1v) is 5.92. The summed E-state index contributed by atoms with van der Waals surface area (Å²) < 4.78 is 5.31. The molecule has 0 fully saturated rings. The van der Waals surface area contributed by atoms with Gasteiger partial charge >= 0.3 is 0 Å². The third kappa shape index (κ3) is 4.34. The summed E-state index contributed by atoms with van der Waals surface area (Å²) in [6.45, 7) is 3.21. The minimum atomic E-state index is -0.848. The fourth-order valence-corrected chi connectivity index (χ4v) is 1.60. The normalized spacial score (nSPS) is 14.4. The molecule has 4 heteroatoms. The van der Waals surface area contributed by atoms with Gasteiger partial charge in [-0.05, 0) is 44.6 Å². The second-order valence-corrected chi connectivity index (χ2v) is 3.91. The fraction of sp³-hybridized carbons (Fsp3) is 0.538. The molecule has 0 saturated carbocycles. The molecule has 96 valence electrons. The van der Waals surface area contributed by atoms with Gasteiger partial charge in [-0.15, -0.1) is 0 Å². The molecule has 0 heterocycles. The van der Waals surface area contributed by atoms with E-state index in [1.54, 1.807) is 24.3 Å². The zero-order valence-corrected chi connectivity index (χ0v) is 10.4. The van der Waals surface area contributed by atoms with Crippen molar-refractivity contribution in [1.29, 1.82) is 0 Å². The lowest BCUT2D eigenvalue weighted by Gasteiger charge is -2.18. The molecule has 3 N–H and O–H groups in total. The van der Waals surface area contributed by atoms with Crippen LogP contribution in [0.15, 0.2) is 24.3 Å². The molecule has 2 unspecified atom stereocenters. The molecule has 0 aromatic heterocycles. The second kappa shape index (κ2) is 7.27. The van der Waals surface area contributed by atoms with Crippen molar-refractivity contribution in [1.82, 2.24) is 5.32 Å². The lowest BCUT2D eigenvalue weighted by Crippen LogP contribution is -2.23. The monoisotopic (exact) mass is 239 g/mol. The van der Waals surface area contributed by atoms with Crippen molar-refractivity contribution in [2.24, 2.45) is 0 Å². The number of hydrogen-bond donors (Lipinski definition) is 3. The van der Waals surface area contributed by atoms with Crippen molar-refractivity contribution in [3.63, 3.8) is 0 Å². The number of hydrogen-bond acceptors (Lipinski definition) is 4. The van der Waals surface area contributed by atoms with Gasteiger partial charge < -0.3 is 20.3 Å². The smallest absolute Gasteiger partial charge is 0.119 e. The summed E-state index contributed by atoms with van der Waals surface area (Å²) in [6.07, 6.45) is -1.08. The highest BCUT2D eigenvalue weighted by molar-refractivity contribution is 5.28. The Kier molecular flexibility index (Phi) is 5.97. The van der Waals surface area contributed by atoms with Crippen LogP contribution >= 0.6 is 0 Å². The third-order valence-corrected chi connectivity index (χ3v) is 2.59. The first kappa shape index (κ1) is 14.0. The van der Waals surface area contributed by atoms with E-state index in [4.69, 9.17) is 4.74 Å². The molecule has 2 atom stereocenters. The minimum Gasteiger partial charge on any atom is -0.494 e. The Morgan fingerprint density at radius 3 is 2.41 bits per heavy atom. The molecule has 0 aliphatic heterocycles. The highest BCUT2D eigenvalue weighted by Gasteiger charge is 2.17. The number of benzene rings is 1. The van der Waals surface area contributed by atoms with Gasteiger partial charge in [0.05, 0.1) is 12.7 Å². The maximum Gasteiger partial charge on any atom is 0.119 e. The molecule has 0 saturated heterocycles. The van der Waals surface area contributed by atoms with Crippen LogP contribution in [0.2, 0.25) is 0 Å². The lowest BCUT2D eigenvalue weighted by atomic mass is 10.0. The van der Waals surface area contributed by atoms with E-state index in [1.807, 2.05) is 14.0 Å². The van der Waals surface area contributed by atoms with E-state index >= 15 is 0 Å². The Labute approximate surface area is 102 Å². The molecule has 1 aromatic rings. The maximum absolute atomic E-state index is 9.92. The van der Waals surface area contributed by atoms with Gasteiger partial charge in [0.15, 0.2) is 0 Å². The maximum atomic E-state index is 9.92. The highest BCUT2D eigenvalue weighted by atomic mass is 16.5. The predicted octanol–water partition coefficient (Wildman–Crippen LogP) is 1.09. The van der Waals surface area contributed by atoms with Crippen LogP contribution in [0.25, 0.3) is 0 Å². The molecule has 0 radical (unpaired) electrons. The van der Waals surface area contributed by atoms with Crippen LogP contribution in [-0.2, 0) is 0 Å². The molecule has 0 amide bonds. The average molecular weight is 239 g/mol. The largest absolute Gasteiger partial charge is 0.494 e. The van der Waals surface area contributed by atoms with Gasteiger partial charge in [-0.25, -0.2) is 0 Å². The molecule has 0 spiro atoms. The summed E-state index contributed by atoms with van der Waals surface area (Å²) in [6, 6.07) is 7.15. The van der Waals surface area contributed by atoms with E-state index in [-0.39, 0.29) is 0 Å². The SMILES string of the molecule is CCOc1ccc(C(O)C(O)CCNC)cc1. The minimum absolute atomic E-state index is 0.519. The number of aliphatic hydroxyl groups is 2. The third-order valence-electron chi connectivity index (χ3n) is 2.59. The fourth-order valence-electron chi connectivity index (χ4n) is 1.60. The predicted molar refractivity (Wildman–Crippen MR) is 67.1 cm³/mol. The standard InChI is InChI=1S/C13H21NO3/c1-3-17-11-6-4-10(5-7-11)13(16)12(15)8-9-14-2/h4-7,12-16H,3,8-9H2,1-2H3. The Hall–Kier alpha value is -1.10. The summed E-state index contributed by atoms with van der Waals surface area (Å²) in [4.78, 5) is 0. The molecule has 1 rings (SSSR count). The Morgan fingerprint density at radius 2 is 1.88 bits per heavy atom. The summed E-state index contributed by atoms with van der Waals surface area (Å²) >= 11 is 0. The van der Waals surface area contributed by atoms with Gasteiger partial charge in [0.1, 0.15) is 11.9 Å². The van der Waals surface area contributed by atoms with Crippen LogP contribution in [0, 0.1) is 0 Å². The Balaban J connectivity index is 2.58. The molecular weight excluding hydrogens is 218 g/mol. The van der Waals surface area contributed by atoms with Crippen molar-refractivity contribution in [3.8, 4) is 5.75 Å². The van der Waals surface area contributed by atoms with Crippen molar-refractivity contribution >= 4 is 0 Å². The van der Waals surface area contributed by atoms with Gasteiger partial charge in [0, 0.05) is 0 Å². The first-order chi connectivity index (χ1) is 8.19. The van der Waals surface area contributed by atoms with Crippen molar-refractivity contribution in [2.75, 3.05) is 20.2 Å². The van der Waals surface area contributed by atoms with E-state index < -0.39 is 12.2 Å². The Morgan fingerprint density at radius 1 is 1.24 bits per heavy atom. The quantitative estimate of drug-likeness (QED) is 0.666. The van der Waals surface area contributed by atoms with Gasteiger partial charge in [-0.2, -0.15) is 0 Å². The highest BCUT2D eigenvalue weighted by Crippen LogP contribution is 2.21. The Bertz CT molecular complexity index is 313. The summed E-state index contributed by atoms with van der Waals surface area (Å²) in [5.41, 5.74) is 0.706. The summed E-state index contributed by atoms with van der Waals surface area (Å²) in [5, 5.41) is 22.6. The zero-order chi connectivity index (χ0) is 12.7. The van der Waals surface area contributed by atoms with E-state index in [9.17, 15) is 10.2 Å². The zero-order valence-electron chi connectivity index (χ0n) is 10.4. The van der Waals surface area contributed by atoms with E-state index in [2.05, 4.69) is 5.32 Å². The molecule has 17 heavy (non-hydrogen) atoms. The molecule has 0 aliphatic rings. The average Bonchev–Trinajstić information content (AvgIpc) is 2.36. The summed E-state index contributed by atoms with van der Waals surface area (Å²) in [7, 11) is 1.82. The van der Waals surface area contributed by atoms with Crippen molar-refractivity contribution in [2.45, 2.75) is 25.6 Å². The van der Waals surface area contributed by atoms with Gasteiger partial charge in [-0.3, -0.25) is 0 Å². The van der Waals surface area contributed by atoms with Crippen molar-refractivity contribution < 1.29 is 14.9 Å². The van der Waals surface area contributed by atoms with Gasteiger partial charge in [0.2, 0.25) is 0 Å². The van der Waals surface area contributed by atoms with Crippen LogP contribution in [0.3, 0.4) is 0 Å². The molecular formula is C13H21NO3. The van der Waals surface area contributed by atoms with Gasteiger partial charge in [0.25, 0.3) is 0 Å². The number of nitrogens with one attached hydrogen (secondary N) is 1.